The molecule has 0 fully saturated rings. The van der Waals surface area contributed by atoms with Gasteiger partial charge in [-0.15, -0.1) is 0 Å². The van der Waals surface area contributed by atoms with E-state index in [1.54, 1.807) is 6.07 Å². The fourth-order valence-corrected chi connectivity index (χ4v) is 1.74. The number of hydrogen-bond donors (Lipinski definition) is 1. The molecule has 18 heavy (non-hydrogen) atoms. The average molecular weight is 283 g/mol. The third kappa shape index (κ3) is 5.59. The van der Waals surface area contributed by atoms with Crippen molar-refractivity contribution in [2.24, 2.45) is 0 Å². The monoisotopic (exact) mass is 283 g/mol. The normalized spacial score (nSPS) is 11.6. The van der Waals surface area contributed by atoms with Crippen LogP contribution in [0.4, 0.5) is 17.6 Å². The first kappa shape index (κ1) is 15.1. The highest BCUT2D eigenvalue weighted by molar-refractivity contribution is 8.00. The first-order valence-electron chi connectivity index (χ1n) is 5.16. The smallest absolute Gasteiger partial charge is 0.441 e. The minimum Gasteiger partial charge on any atom is -0.497 e. The fraction of sp³-hybridized carbons (Fsp3) is 0.455. The topological polar surface area (TPSA) is 21.3 Å². The summed E-state index contributed by atoms with van der Waals surface area (Å²) in [6.07, 6.45) is 0. The minimum atomic E-state index is -4.22. The maximum absolute atomic E-state index is 13.4. The van der Waals surface area contributed by atoms with Crippen molar-refractivity contribution in [1.29, 1.82) is 0 Å². The molecule has 0 aliphatic heterocycles. The Labute approximate surface area is 107 Å². The van der Waals surface area contributed by atoms with Gasteiger partial charge in [-0.25, -0.2) is 4.39 Å². The minimum absolute atomic E-state index is 0.0960. The van der Waals surface area contributed by atoms with Crippen LogP contribution in [0.15, 0.2) is 18.2 Å². The van der Waals surface area contributed by atoms with Crippen molar-refractivity contribution in [3.63, 3.8) is 0 Å². The predicted molar refractivity (Wildman–Crippen MR) is 63.2 cm³/mol. The molecule has 0 unspecified atom stereocenters. The van der Waals surface area contributed by atoms with Gasteiger partial charge in [-0.3, -0.25) is 0 Å². The molecule has 0 spiro atoms. The summed E-state index contributed by atoms with van der Waals surface area (Å²) in [5.74, 6) is -0.129. The van der Waals surface area contributed by atoms with E-state index in [1.165, 1.54) is 19.2 Å². The summed E-state index contributed by atoms with van der Waals surface area (Å²) in [5.41, 5.74) is -3.82. The van der Waals surface area contributed by atoms with E-state index in [1.807, 2.05) is 0 Å². The van der Waals surface area contributed by atoms with Gasteiger partial charge in [0.2, 0.25) is 0 Å². The standard InChI is InChI=1S/C11H13F4NOS/c1-17-9-3-2-8(10(12)6-9)7-16-4-5-18-11(13,14)15/h2-3,6,16H,4-5,7H2,1H3. The molecule has 2 nitrogen and oxygen atoms in total. The highest BCUT2D eigenvalue weighted by Crippen LogP contribution is 2.29. The molecule has 1 aromatic rings. The lowest BCUT2D eigenvalue weighted by Gasteiger charge is -2.08. The van der Waals surface area contributed by atoms with Gasteiger partial charge in [0.15, 0.2) is 0 Å². The molecule has 0 bridgehead atoms. The van der Waals surface area contributed by atoms with Gasteiger partial charge in [-0.1, -0.05) is 6.07 Å². The molecule has 0 atom stereocenters. The highest BCUT2D eigenvalue weighted by atomic mass is 32.2. The molecule has 0 heterocycles. The van der Waals surface area contributed by atoms with Crippen LogP contribution >= 0.6 is 11.8 Å². The van der Waals surface area contributed by atoms with Gasteiger partial charge in [0.25, 0.3) is 0 Å². The van der Waals surface area contributed by atoms with Crippen molar-refractivity contribution < 1.29 is 22.3 Å². The molecule has 0 radical (unpaired) electrons. The average Bonchev–Trinajstić information content (AvgIpc) is 2.29. The van der Waals surface area contributed by atoms with Gasteiger partial charge in [0.1, 0.15) is 11.6 Å². The zero-order valence-corrected chi connectivity index (χ0v) is 10.5. The second-order valence-corrected chi connectivity index (χ2v) is 4.59. The van der Waals surface area contributed by atoms with Crippen LogP contribution in [0, 0.1) is 5.82 Å². The second-order valence-electron chi connectivity index (χ2n) is 3.43. The molecule has 0 amide bonds. The third-order valence-electron chi connectivity index (χ3n) is 2.12. The van der Waals surface area contributed by atoms with Crippen molar-refractivity contribution in [3.05, 3.63) is 29.6 Å². The summed E-state index contributed by atoms with van der Waals surface area (Å²) in [4.78, 5) is 0. The van der Waals surface area contributed by atoms with E-state index in [-0.39, 0.29) is 30.6 Å². The Balaban J connectivity index is 2.31. The molecular formula is C11H13F4NOS. The number of hydrogen-bond acceptors (Lipinski definition) is 3. The molecular weight excluding hydrogens is 270 g/mol. The van der Waals surface area contributed by atoms with Crippen LogP contribution in [-0.4, -0.2) is 24.9 Å². The van der Waals surface area contributed by atoms with Gasteiger partial charge in [0, 0.05) is 30.5 Å². The second kappa shape index (κ2) is 6.84. The van der Waals surface area contributed by atoms with Crippen LogP contribution in [0.2, 0.25) is 0 Å². The number of benzene rings is 1. The molecule has 1 aromatic carbocycles. The van der Waals surface area contributed by atoms with E-state index in [2.05, 4.69) is 5.32 Å². The highest BCUT2D eigenvalue weighted by Gasteiger charge is 2.27. The summed E-state index contributed by atoms with van der Waals surface area (Å²) < 4.78 is 53.7. The zero-order chi connectivity index (χ0) is 13.6. The molecule has 0 saturated carbocycles. The van der Waals surface area contributed by atoms with Crippen molar-refractivity contribution >= 4 is 11.8 Å². The fourth-order valence-electron chi connectivity index (χ4n) is 1.26. The number of alkyl halides is 3. The van der Waals surface area contributed by atoms with Gasteiger partial charge < -0.3 is 10.1 Å². The molecule has 0 aliphatic carbocycles. The van der Waals surface area contributed by atoms with Crippen LogP contribution in [0.25, 0.3) is 0 Å². The Kier molecular flexibility index (Phi) is 5.74. The summed E-state index contributed by atoms with van der Waals surface area (Å²) in [7, 11) is 1.43. The summed E-state index contributed by atoms with van der Waals surface area (Å²) in [5, 5.41) is 2.75. The summed E-state index contributed by atoms with van der Waals surface area (Å²) in [6, 6.07) is 4.38. The Bertz CT molecular complexity index is 384. The largest absolute Gasteiger partial charge is 0.497 e. The molecule has 7 heteroatoms. The van der Waals surface area contributed by atoms with Gasteiger partial charge in [-0.2, -0.15) is 13.2 Å². The lowest BCUT2D eigenvalue weighted by molar-refractivity contribution is -0.0327. The number of thioether (sulfide) groups is 1. The molecule has 1 N–H and O–H groups in total. The van der Waals surface area contributed by atoms with Gasteiger partial charge in [0.05, 0.1) is 7.11 Å². The SMILES string of the molecule is COc1ccc(CNCCSC(F)(F)F)c(F)c1. The number of ether oxygens (including phenoxy) is 1. The van der Waals surface area contributed by atoms with Crippen LogP contribution in [0.3, 0.4) is 0 Å². The van der Waals surface area contributed by atoms with Gasteiger partial charge in [-0.05, 0) is 17.8 Å². The zero-order valence-electron chi connectivity index (χ0n) is 9.68. The van der Waals surface area contributed by atoms with Crippen molar-refractivity contribution in [3.8, 4) is 5.75 Å². The Morgan fingerprint density at radius 3 is 2.61 bits per heavy atom. The molecule has 0 saturated heterocycles. The van der Waals surface area contributed by atoms with Crippen molar-refractivity contribution in [2.45, 2.75) is 12.1 Å². The van der Waals surface area contributed by atoms with Crippen LogP contribution < -0.4 is 10.1 Å². The van der Waals surface area contributed by atoms with E-state index in [0.717, 1.165) is 0 Å². The van der Waals surface area contributed by atoms with E-state index in [4.69, 9.17) is 4.74 Å². The number of halogens is 4. The molecule has 0 aliphatic rings. The van der Waals surface area contributed by atoms with Gasteiger partial charge >= 0.3 is 5.51 Å². The van der Waals surface area contributed by atoms with Crippen LogP contribution in [0.5, 0.6) is 5.75 Å². The van der Waals surface area contributed by atoms with E-state index in [0.29, 0.717) is 11.3 Å². The Morgan fingerprint density at radius 1 is 1.33 bits per heavy atom. The molecule has 1 rings (SSSR count). The van der Waals surface area contributed by atoms with E-state index < -0.39 is 11.3 Å². The molecule has 0 aromatic heterocycles. The van der Waals surface area contributed by atoms with Crippen LogP contribution in [-0.2, 0) is 6.54 Å². The van der Waals surface area contributed by atoms with E-state index in [9.17, 15) is 17.6 Å². The Morgan fingerprint density at radius 2 is 2.06 bits per heavy atom. The maximum Gasteiger partial charge on any atom is 0.441 e. The van der Waals surface area contributed by atoms with Crippen LogP contribution in [0.1, 0.15) is 5.56 Å². The number of rotatable bonds is 6. The quantitative estimate of drug-likeness (QED) is 0.640. The first-order chi connectivity index (χ1) is 8.42. The summed E-state index contributed by atoms with van der Waals surface area (Å²) >= 11 is -0.0973. The number of methoxy groups -OCH3 is 1. The van der Waals surface area contributed by atoms with Crippen molar-refractivity contribution in [1.82, 2.24) is 5.32 Å². The number of nitrogens with one attached hydrogen (secondary N) is 1. The predicted octanol–water partition coefficient (Wildman–Crippen LogP) is 3.18. The van der Waals surface area contributed by atoms with Crippen molar-refractivity contribution in [2.75, 3.05) is 19.4 Å². The first-order valence-corrected chi connectivity index (χ1v) is 6.15. The maximum atomic E-state index is 13.4. The lowest BCUT2D eigenvalue weighted by Crippen LogP contribution is -2.19. The van der Waals surface area contributed by atoms with E-state index >= 15 is 0 Å². The lowest BCUT2D eigenvalue weighted by atomic mass is 10.2. The molecule has 102 valence electrons. The Hall–Kier alpha value is -0.950. The summed E-state index contributed by atoms with van der Waals surface area (Å²) in [6.45, 7) is 0.351. The third-order valence-corrected chi connectivity index (χ3v) is 2.86.